The van der Waals surface area contributed by atoms with Crippen LogP contribution < -0.4 is 25.0 Å². The summed E-state index contributed by atoms with van der Waals surface area (Å²) in [6.45, 7) is 1.07. The van der Waals surface area contributed by atoms with Gasteiger partial charge in [-0.1, -0.05) is 12.1 Å². The van der Waals surface area contributed by atoms with E-state index < -0.39 is 17.2 Å². The van der Waals surface area contributed by atoms with Crippen molar-refractivity contribution in [2.45, 2.75) is 18.9 Å². The average Bonchev–Trinajstić information content (AvgIpc) is 3.06. The maximum Gasteiger partial charge on any atom is 0.322 e. The molecule has 4 heterocycles. The zero-order valence-electron chi connectivity index (χ0n) is 23.8. The Bertz CT molecular complexity index is 1880. The molecule has 0 unspecified atom stereocenters. The summed E-state index contributed by atoms with van der Waals surface area (Å²) in [6.07, 6.45) is 7.23. The molecule has 1 fully saturated rings. The summed E-state index contributed by atoms with van der Waals surface area (Å²) in [5.41, 5.74) is 0.639. The number of fused-ring (bicyclic) bond motifs is 1. The number of aromatic nitrogens is 5. The molecule has 1 N–H and O–H groups in total. The molecule has 3 aromatic heterocycles. The van der Waals surface area contributed by atoms with Gasteiger partial charge >= 0.3 is 6.01 Å². The quantitative estimate of drug-likeness (QED) is 0.265. The molecule has 0 saturated carbocycles. The highest BCUT2D eigenvalue weighted by Crippen LogP contribution is 2.36. The number of carbonyl (C=O) groups excluding carboxylic acids is 1. The topological polar surface area (TPSA) is 140 Å². The van der Waals surface area contributed by atoms with Crippen molar-refractivity contribution in [3.8, 4) is 34.4 Å². The zero-order chi connectivity index (χ0) is 30.6. The summed E-state index contributed by atoms with van der Waals surface area (Å²) < 4.78 is 37.3. The van der Waals surface area contributed by atoms with Crippen LogP contribution in [0.15, 0.2) is 72.0 Å². The second-order valence-electron chi connectivity index (χ2n) is 9.89. The fourth-order valence-corrected chi connectivity index (χ4v) is 4.89. The monoisotopic (exact) mass is 598 g/mol. The predicted octanol–water partition coefficient (Wildman–Crippen LogP) is 4.80. The smallest absolute Gasteiger partial charge is 0.322 e. The molecule has 1 aliphatic rings. The van der Waals surface area contributed by atoms with Gasteiger partial charge in [-0.15, -0.1) is 0 Å². The number of hydrogen-bond donors (Lipinski definition) is 1. The van der Waals surface area contributed by atoms with Crippen molar-refractivity contribution in [1.82, 2.24) is 24.7 Å². The van der Waals surface area contributed by atoms with Gasteiger partial charge in [-0.3, -0.25) is 19.3 Å². The fraction of sp³-hybridized carbons (Fsp3) is 0.226. The Balaban J connectivity index is 1.26. The van der Waals surface area contributed by atoms with Crippen LogP contribution in [0.5, 0.6) is 23.3 Å². The lowest BCUT2D eigenvalue weighted by atomic mass is 10.1. The van der Waals surface area contributed by atoms with Crippen molar-refractivity contribution in [3.63, 3.8) is 0 Å². The summed E-state index contributed by atoms with van der Waals surface area (Å²) in [6, 6.07) is 10.6. The Morgan fingerprint density at radius 1 is 0.977 bits per heavy atom. The standard InChI is InChI=1S/C31H27FN6O6/c1-41-26-13-22-24(14-27(26)42-2)33-10-7-25(22)44-31-34-15-20(16-35-31)36-30(40)28-29(39)23(18-3-5-19(32)6-4-18)17-38(37-28)21-8-11-43-12-9-21/h3-7,10,13-17,21H,8-9,11-12H2,1-2H3,(H,36,40). The molecule has 2 aromatic carbocycles. The number of benzene rings is 2. The van der Waals surface area contributed by atoms with E-state index >= 15 is 0 Å². The molecule has 13 heteroatoms. The lowest BCUT2D eigenvalue weighted by Gasteiger charge is -2.24. The molecule has 44 heavy (non-hydrogen) atoms. The van der Waals surface area contributed by atoms with Crippen molar-refractivity contribution < 1.29 is 28.1 Å². The van der Waals surface area contributed by atoms with Crippen molar-refractivity contribution in [2.75, 3.05) is 32.8 Å². The van der Waals surface area contributed by atoms with Gasteiger partial charge in [0.15, 0.2) is 17.2 Å². The third-order valence-corrected chi connectivity index (χ3v) is 7.17. The van der Waals surface area contributed by atoms with Gasteiger partial charge in [-0.2, -0.15) is 5.10 Å². The molecule has 0 atom stereocenters. The first-order valence-corrected chi connectivity index (χ1v) is 13.7. The number of nitrogens with one attached hydrogen (secondary N) is 1. The largest absolute Gasteiger partial charge is 0.493 e. The van der Waals surface area contributed by atoms with E-state index in [9.17, 15) is 14.0 Å². The number of ether oxygens (including phenoxy) is 4. The first kappa shape index (κ1) is 28.7. The first-order valence-electron chi connectivity index (χ1n) is 13.7. The number of amides is 1. The minimum Gasteiger partial charge on any atom is -0.493 e. The number of halogens is 1. The van der Waals surface area contributed by atoms with Crippen LogP contribution in [0.3, 0.4) is 0 Å². The third kappa shape index (κ3) is 5.90. The maximum absolute atomic E-state index is 13.6. The molecule has 0 bridgehead atoms. The van der Waals surface area contributed by atoms with Gasteiger partial charge in [0.25, 0.3) is 5.91 Å². The van der Waals surface area contributed by atoms with Gasteiger partial charge in [-0.05, 0) is 42.7 Å². The summed E-state index contributed by atoms with van der Waals surface area (Å²) in [5.74, 6) is 0.291. The van der Waals surface area contributed by atoms with Crippen LogP contribution in [0.4, 0.5) is 10.1 Å². The van der Waals surface area contributed by atoms with Crippen LogP contribution in [0.2, 0.25) is 0 Å². The molecule has 224 valence electrons. The number of carbonyl (C=O) groups is 1. The van der Waals surface area contributed by atoms with E-state index in [0.29, 0.717) is 59.8 Å². The number of pyridine rings is 1. The Hall–Kier alpha value is -5.43. The lowest BCUT2D eigenvalue weighted by molar-refractivity contribution is 0.0655. The molecule has 0 radical (unpaired) electrons. The van der Waals surface area contributed by atoms with E-state index in [1.165, 1.54) is 43.8 Å². The maximum atomic E-state index is 13.6. The van der Waals surface area contributed by atoms with Gasteiger partial charge in [0, 0.05) is 42.6 Å². The number of rotatable bonds is 8. The van der Waals surface area contributed by atoms with E-state index in [0.717, 1.165) is 0 Å². The van der Waals surface area contributed by atoms with Crippen molar-refractivity contribution in [2.24, 2.45) is 0 Å². The molecular weight excluding hydrogens is 571 g/mol. The third-order valence-electron chi connectivity index (χ3n) is 7.17. The van der Waals surface area contributed by atoms with Crippen molar-refractivity contribution in [3.05, 3.63) is 89.0 Å². The second kappa shape index (κ2) is 12.4. The molecule has 1 amide bonds. The molecule has 5 aromatic rings. The van der Waals surface area contributed by atoms with E-state index in [4.69, 9.17) is 18.9 Å². The highest BCUT2D eigenvalue weighted by atomic mass is 19.1. The van der Waals surface area contributed by atoms with E-state index in [1.807, 2.05) is 0 Å². The van der Waals surface area contributed by atoms with Crippen LogP contribution in [-0.4, -0.2) is 58.1 Å². The van der Waals surface area contributed by atoms with Crippen LogP contribution in [0, 0.1) is 5.82 Å². The fourth-order valence-electron chi connectivity index (χ4n) is 4.89. The molecule has 6 rings (SSSR count). The molecule has 0 spiro atoms. The van der Waals surface area contributed by atoms with Crippen LogP contribution in [-0.2, 0) is 4.74 Å². The predicted molar refractivity (Wildman–Crippen MR) is 158 cm³/mol. The van der Waals surface area contributed by atoms with Gasteiger partial charge < -0.3 is 24.3 Å². The first-order chi connectivity index (χ1) is 21.4. The van der Waals surface area contributed by atoms with Crippen molar-refractivity contribution in [1.29, 1.82) is 0 Å². The number of methoxy groups -OCH3 is 2. The normalized spacial score (nSPS) is 13.4. The van der Waals surface area contributed by atoms with Gasteiger partial charge in [0.2, 0.25) is 5.43 Å². The minimum atomic E-state index is -0.738. The molecule has 1 saturated heterocycles. The highest BCUT2D eigenvalue weighted by Gasteiger charge is 2.23. The SMILES string of the molecule is COc1cc2nccc(Oc3ncc(NC(=O)c4nn(C5CCOCC5)cc(-c5ccc(F)cc5)c4=O)cn3)c2cc1OC. The highest BCUT2D eigenvalue weighted by molar-refractivity contribution is 6.03. The van der Waals surface area contributed by atoms with Gasteiger partial charge in [0.05, 0.1) is 43.9 Å². The van der Waals surface area contributed by atoms with Crippen LogP contribution in [0.25, 0.3) is 22.0 Å². The molecule has 0 aliphatic carbocycles. The minimum absolute atomic E-state index is 0.0172. The van der Waals surface area contributed by atoms with Crippen LogP contribution >= 0.6 is 0 Å². The summed E-state index contributed by atoms with van der Waals surface area (Å²) >= 11 is 0. The van der Waals surface area contributed by atoms with E-state index in [2.05, 4.69) is 25.4 Å². The summed E-state index contributed by atoms with van der Waals surface area (Å²) in [4.78, 5) is 39.6. The Morgan fingerprint density at radius 3 is 2.39 bits per heavy atom. The zero-order valence-corrected chi connectivity index (χ0v) is 23.8. The Morgan fingerprint density at radius 2 is 1.68 bits per heavy atom. The second-order valence-corrected chi connectivity index (χ2v) is 9.89. The number of anilines is 1. The summed E-state index contributed by atoms with van der Waals surface area (Å²) in [7, 11) is 3.07. The van der Waals surface area contributed by atoms with Gasteiger partial charge in [0.1, 0.15) is 11.6 Å². The summed E-state index contributed by atoms with van der Waals surface area (Å²) in [5, 5.41) is 7.69. The molecule has 1 aliphatic heterocycles. The van der Waals surface area contributed by atoms with E-state index in [1.54, 1.807) is 42.4 Å². The molecule has 12 nitrogen and oxygen atoms in total. The lowest BCUT2D eigenvalue weighted by Crippen LogP contribution is -2.30. The van der Waals surface area contributed by atoms with Gasteiger partial charge in [-0.25, -0.2) is 14.4 Å². The Labute approximate surface area is 250 Å². The van der Waals surface area contributed by atoms with Crippen molar-refractivity contribution >= 4 is 22.5 Å². The Kier molecular flexibility index (Phi) is 8.10. The van der Waals surface area contributed by atoms with Crippen LogP contribution in [0.1, 0.15) is 29.4 Å². The number of hydrogen-bond acceptors (Lipinski definition) is 10. The molecular formula is C31H27FN6O6. The average molecular weight is 599 g/mol. The van der Waals surface area contributed by atoms with E-state index in [-0.39, 0.29) is 29.0 Å². The number of nitrogens with zero attached hydrogens (tertiary/aromatic N) is 5.